The Morgan fingerprint density at radius 3 is 2.71 bits per heavy atom. The number of rotatable bonds is 6. The van der Waals surface area contributed by atoms with E-state index < -0.39 is 17.8 Å². The molecule has 0 aliphatic rings. The molecule has 0 amide bonds. The molecule has 1 unspecified atom stereocenters. The number of halogens is 1. The van der Waals surface area contributed by atoms with Gasteiger partial charge in [-0.25, -0.2) is 13.9 Å². The van der Waals surface area contributed by atoms with Crippen LogP contribution in [0.4, 0.5) is 10.1 Å². The first-order chi connectivity index (χ1) is 18.2. The van der Waals surface area contributed by atoms with Gasteiger partial charge in [0.25, 0.3) is 0 Å². The number of fused-ring (bicyclic) bond motifs is 1. The van der Waals surface area contributed by atoms with Crippen LogP contribution in [0, 0.1) is 24.1 Å². The molecule has 9 heteroatoms. The molecular formula is C29H21FN4O4. The number of carboxylic acid groups (broad SMARTS) is 1. The average Bonchev–Trinajstić information content (AvgIpc) is 3.39. The maximum atomic E-state index is 14.1. The lowest BCUT2D eigenvalue weighted by atomic mass is 10.0. The van der Waals surface area contributed by atoms with Gasteiger partial charge in [-0.15, -0.1) is 0 Å². The Bertz CT molecular complexity index is 1820. The number of hydrogen-bond donors (Lipinski definition) is 2. The lowest BCUT2D eigenvalue weighted by Gasteiger charge is -2.19. The van der Waals surface area contributed by atoms with Gasteiger partial charge >= 0.3 is 5.97 Å². The van der Waals surface area contributed by atoms with E-state index in [0.29, 0.717) is 33.5 Å². The van der Waals surface area contributed by atoms with Crippen molar-refractivity contribution in [1.29, 1.82) is 5.26 Å². The fraction of sp³-hybridized carbons (Fsp3) is 0.103. The molecule has 0 bridgehead atoms. The molecule has 0 fully saturated rings. The van der Waals surface area contributed by atoms with E-state index in [1.165, 1.54) is 35.1 Å². The van der Waals surface area contributed by atoms with Gasteiger partial charge < -0.3 is 14.8 Å². The molecule has 3 aromatic carbocycles. The van der Waals surface area contributed by atoms with Crippen molar-refractivity contribution in [2.45, 2.75) is 19.9 Å². The third kappa shape index (κ3) is 4.51. The van der Waals surface area contributed by atoms with Gasteiger partial charge in [-0.3, -0.25) is 4.79 Å². The number of carboxylic acids is 1. The van der Waals surface area contributed by atoms with Gasteiger partial charge in [-0.1, -0.05) is 18.2 Å². The Balaban J connectivity index is 1.57. The Morgan fingerprint density at radius 2 is 1.97 bits per heavy atom. The van der Waals surface area contributed by atoms with Gasteiger partial charge in [-0.05, 0) is 49.7 Å². The summed E-state index contributed by atoms with van der Waals surface area (Å²) in [5, 5.41) is 26.4. The summed E-state index contributed by atoms with van der Waals surface area (Å²) >= 11 is 0. The molecule has 5 rings (SSSR count). The second-order valence-corrected chi connectivity index (χ2v) is 8.87. The summed E-state index contributed by atoms with van der Waals surface area (Å²) in [5.41, 5.74) is 3.05. The summed E-state index contributed by atoms with van der Waals surface area (Å²) in [5.74, 6) is -1.45. The van der Waals surface area contributed by atoms with E-state index in [4.69, 9.17) is 9.68 Å². The number of carbonyl (C=O) groups is 1. The Labute approximate surface area is 216 Å². The molecule has 0 aliphatic carbocycles. The van der Waals surface area contributed by atoms with Gasteiger partial charge in [0, 0.05) is 29.6 Å². The highest BCUT2D eigenvalue weighted by atomic mass is 19.1. The molecule has 2 N–H and O–H groups in total. The molecule has 0 saturated carbocycles. The van der Waals surface area contributed by atoms with E-state index in [-0.39, 0.29) is 22.3 Å². The van der Waals surface area contributed by atoms with Gasteiger partial charge in [0.05, 0.1) is 40.0 Å². The number of para-hydroxylation sites is 1. The average molecular weight is 509 g/mol. The molecule has 188 valence electrons. The lowest BCUT2D eigenvalue weighted by molar-refractivity contribution is 0.0698. The van der Waals surface area contributed by atoms with Crippen molar-refractivity contribution >= 4 is 22.6 Å². The lowest BCUT2D eigenvalue weighted by Crippen LogP contribution is -2.12. The molecule has 0 saturated heterocycles. The number of aryl methyl sites for hydroxylation is 1. The van der Waals surface area contributed by atoms with Crippen molar-refractivity contribution in [2.75, 3.05) is 5.32 Å². The molecule has 8 nitrogen and oxygen atoms in total. The number of nitrogens with one attached hydrogen (secondary N) is 1. The standard InChI is InChI=1S/C29H21FN4O4/c1-16-9-22(17(2)33-25-6-4-3-5-21(25)29(36)37)28-23(10-16)26(35)12-27(38-28)19-14-32-34(15-19)20-8-7-18(13-31)24(30)11-20/h3-12,14-15,17,33H,1-2H3,(H,36,37). The van der Waals surface area contributed by atoms with Crippen molar-refractivity contribution in [3.8, 4) is 23.1 Å². The Morgan fingerprint density at radius 1 is 1.18 bits per heavy atom. The highest BCUT2D eigenvalue weighted by Crippen LogP contribution is 2.31. The minimum Gasteiger partial charge on any atom is -0.478 e. The third-order valence-corrected chi connectivity index (χ3v) is 6.20. The van der Waals surface area contributed by atoms with Crippen molar-refractivity contribution in [1.82, 2.24) is 9.78 Å². The van der Waals surface area contributed by atoms with Crippen LogP contribution in [0.2, 0.25) is 0 Å². The summed E-state index contributed by atoms with van der Waals surface area (Å²) in [6, 6.07) is 17.1. The number of benzene rings is 3. The minimum atomic E-state index is -1.05. The molecule has 0 aliphatic heterocycles. The maximum absolute atomic E-state index is 14.1. The van der Waals surface area contributed by atoms with Crippen LogP contribution >= 0.6 is 0 Å². The number of anilines is 1. The summed E-state index contributed by atoms with van der Waals surface area (Å²) < 4.78 is 21.8. The predicted octanol–water partition coefficient (Wildman–Crippen LogP) is 5.84. The number of nitriles is 1. The molecule has 0 spiro atoms. The molecule has 2 aromatic heterocycles. The van der Waals surface area contributed by atoms with Crippen molar-refractivity contribution in [3.63, 3.8) is 0 Å². The van der Waals surface area contributed by atoms with Crippen molar-refractivity contribution < 1.29 is 18.7 Å². The fourth-order valence-corrected chi connectivity index (χ4v) is 4.33. The number of hydrogen-bond acceptors (Lipinski definition) is 6. The van der Waals surface area contributed by atoms with E-state index in [9.17, 15) is 19.1 Å². The first-order valence-corrected chi connectivity index (χ1v) is 11.7. The summed E-state index contributed by atoms with van der Waals surface area (Å²) in [4.78, 5) is 24.8. The minimum absolute atomic E-state index is 0.0711. The van der Waals surface area contributed by atoms with Crippen LogP contribution in [0.3, 0.4) is 0 Å². The zero-order chi connectivity index (χ0) is 27.0. The van der Waals surface area contributed by atoms with Gasteiger partial charge in [0.1, 0.15) is 23.2 Å². The molecule has 5 aromatic rings. The van der Waals surface area contributed by atoms with Gasteiger partial charge in [0.15, 0.2) is 5.43 Å². The van der Waals surface area contributed by atoms with Crippen LogP contribution in [0.15, 0.2) is 82.3 Å². The monoisotopic (exact) mass is 508 g/mol. The first-order valence-electron chi connectivity index (χ1n) is 11.7. The maximum Gasteiger partial charge on any atom is 0.337 e. The van der Waals surface area contributed by atoms with Crippen molar-refractivity contribution in [3.05, 3.63) is 111 Å². The number of aromatic nitrogens is 2. The van der Waals surface area contributed by atoms with E-state index >= 15 is 0 Å². The largest absolute Gasteiger partial charge is 0.478 e. The van der Waals surface area contributed by atoms with Crippen LogP contribution in [0.5, 0.6) is 0 Å². The second-order valence-electron chi connectivity index (χ2n) is 8.87. The highest BCUT2D eigenvalue weighted by Gasteiger charge is 2.19. The van der Waals surface area contributed by atoms with Crippen molar-refractivity contribution in [2.24, 2.45) is 0 Å². The molecule has 1 atom stereocenters. The van der Waals surface area contributed by atoms with E-state index in [1.54, 1.807) is 42.6 Å². The van der Waals surface area contributed by atoms with Crippen LogP contribution in [-0.2, 0) is 0 Å². The molecule has 38 heavy (non-hydrogen) atoms. The fourth-order valence-electron chi connectivity index (χ4n) is 4.33. The van der Waals surface area contributed by atoms with Crippen LogP contribution in [-0.4, -0.2) is 20.9 Å². The topological polar surface area (TPSA) is 121 Å². The normalized spacial score (nSPS) is 11.7. The quantitative estimate of drug-likeness (QED) is 0.296. The smallest absolute Gasteiger partial charge is 0.337 e. The second kappa shape index (κ2) is 9.67. The van der Waals surface area contributed by atoms with Crippen LogP contribution in [0.25, 0.3) is 28.0 Å². The van der Waals surface area contributed by atoms with Gasteiger partial charge in [-0.2, -0.15) is 10.4 Å². The summed E-state index contributed by atoms with van der Waals surface area (Å²) in [6.45, 7) is 3.73. The molecular weight excluding hydrogens is 487 g/mol. The summed E-state index contributed by atoms with van der Waals surface area (Å²) in [7, 11) is 0. The van der Waals surface area contributed by atoms with E-state index in [0.717, 1.165) is 5.56 Å². The van der Waals surface area contributed by atoms with Gasteiger partial charge in [0.2, 0.25) is 0 Å². The zero-order valence-corrected chi connectivity index (χ0v) is 20.4. The van der Waals surface area contributed by atoms with Crippen LogP contribution < -0.4 is 10.7 Å². The number of aromatic carboxylic acids is 1. The van der Waals surface area contributed by atoms with Crippen LogP contribution in [0.1, 0.15) is 40.0 Å². The highest BCUT2D eigenvalue weighted by molar-refractivity contribution is 5.94. The third-order valence-electron chi connectivity index (χ3n) is 6.20. The molecule has 0 radical (unpaired) electrons. The van der Waals surface area contributed by atoms with E-state index in [1.807, 2.05) is 19.9 Å². The SMILES string of the molecule is Cc1cc(C(C)Nc2ccccc2C(=O)O)c2oc(-c3cnn(-c4ccc(C#N)c(F)c4)c3)cc(=O)c2c1. The van der Waals surface area contributed by atoms with E-state index in [2.05, 4.69) is 10.4 Å². The Kier molecular flexibility index (Phi) is 6.23. The zero-order valence-electron chi connectivity index (χ0n) is 20.4. The first kappa shape index (κ1) is 24.5. The molecule has 2 heterocycles. The number of nitrogens with zero attached hydrogens (tertiary/aromatic N) is 3. The Hall–Kier alpha value is -5.23. The predicted molar refractivity (Wildman–Crippen MR) is 140 cm³/mol. The summed E-state index contributed by atoms with van der Waals surface area (Å²) in [6.07, 6.45) is 3.10.